The van der Waals surface area contributed by atoms with E-state index in [-0.39, 0.29) is 5.84 Å². The molecule has 0 radical (unpaired) electrons. The Kier molecular flexibility index (Phi) is 4.48. The maximum absolute atomic E-state index is 7.75. The number of nitrogen functional groups attached to an aromatic ring is 1. The first kappa shape index (κ1) is 14.9. The number of rotatable bonds is 5. The van der Waals surface area contributed by atoms with Gasteiger partial charge in [-0.25, -0.2) is 0 Å². The lowest BCUT2D eigenvalue weighted by Crippen LogP contribution is -2.22. The molecule has 0 saturated heterocycles. The first-order chi connectivity index (χ1) is 10.0. The molecule has 0 unspecified atom stereocenters. The van der Waals surface area contributed by atoms with Crippen molar-refractivity contribution in [3.63, 3.8) is 0 Å². The average molecular weight is 283 g/mol. The molecule has 0 atom stereocenters. The number of anilines is 1. The number of amidine groups is 1. The number of hydrogen-bond acceptors (Lipinski definition) is 3. The van der Waals surface area contributed by atoms with E-state index in [2.05, 4.69) is 4.90 Å². The van der Waals surface area contributed by atoms with Crippen LogP contribution in [0.2, 0.25) is 0 Å². The molecule has 4 heteroatoms. The number of ether oxygens (including phenoxy) is 1. The van der Waals surface area contributed by atoms with Gasteiger partial charge in [0.1, 0.15) is 11.6 Å². The molecule has 0 heterocycles. The van der Waals surface area contributed by atoms with E-state index in [1.807, 2.05) is 56.4 Å². The SMILES string of the molecule is COc1ccccc1CN(C)c1ccc(C)cc1C(=N)N. The minimum absolute atomic E-state index is 0.0839. The minimum Gasteiger partial charge on any atom is -0.496 e. The number of nitrogens with zero attached hydrogens (tertiary/aromatic N) is 1. The molecule has 4 nitrogen and oxygen atoms in total. The molecular weight excluding hydrogens is 262 g/mol. The van der Waals surface area contributed by atoms with Crippen molar-refractivity contribution >= 4 is 11.5 Å². The van der Waals surface area contributed by atoms with Crippen molar-refractivity contribution in [1.82, 2.24) is 0 Å². The summed E-state index contributed by atoms with van der Waals surface area (Å²) in [6.45, 7) is 2.68. The maximum Gasteiger partial charge on any atom is 0.124 e. The zero-order valence-corrected chi connectivity index (χ0v) is 12.7. The van der Waals surface area contributed by atoms with E-state index in [1.165, 1.54) is 0 Å². The Labute approximate surface area is 125 Å². The number of aryl methyl sites for hydroxylation is 1. The zero-order valence-electron chi connectivity index (χ0n) is 12.7. The molecule has 0 aliphatic carbocycles. The smallest absolute Gasteiger partial charge is 0.124 e. The summed E-state index contributed by atoms with van der Waals surface area (Å²) in [5.41, 5.74) is 9.59. The van der Waals surface area contributed by atoms with Gasteiger partial charge in [-0.2, -0.15) is 0 Å². The quantitative estimate of drug-likeness (QED) is 0.655. The van der Waals surface area contributed by atoms with Crippen LogP contribution >= 0.6 is 0 Å². The largest absolute Gasteiger partial charge is 0.496 e. The molecule has 0 fully saturated rings. The maximum atomic E-state index is 7.75. The average Bonchev–Trinajstić information content (AvgIpc) is 2.47. The molecule has 0 aromatic heterocycles. The summed E-state index contributed by atoms with van der Waals surface area (Å²) in [5.74, 6) is 0.946. The Hall–Kier alpha value is -2.49. The van der Waals surface area contributed by atoms with Gasteiger partial charge in [0.25, 0.3) is 0 Å². The lowest BCUT2D eigenvalue weighted by atomic mass is 10.1. The molecule has 3 N–H and O–H groups in total. The summed E-state index contributed by atoms with van der Waals surface area (Å²) in [6.07, 6.45) is 0. The third-order valence-electron chi connectivity index (χ3n) is 3.45. The van der Waals surface area contributed by atoms with Gasteiger partial charge in [-0.05, 0) is 25.1 Å². The van der Waals surface area contributed by atoms with Gasteiger partial charge in [-0.1, -0.05) is 29.8 Å². The standard InChI is InChI=1S/C17H21N3O/c1-12-8-9-15(14(10-12)17(18)19)20(2)11-13-6-4-5-7-16(13)21-3/h4-10H,11H2,1-3H3,(H3,18,19). The third-order valence-corrected chi connectivity index (χ3v) is 3.45. The second-order valence-electron chi connectivity index (χ2n) is 5.10. The molecule has 2 rings (SSSR count). The predicted octanol–water partition coefficient (Wildman–Crippen LogP) is 2.92. The number of para-hydroxylation sites is 1. The molecule has 0 saturated carbocycles. The van der Waals surface area contributed by atoms with Crippen molar-refractivity contribution in [2.75, 3.05) is 19.1 Å². The Morgan fingerprint density at radius 2 is 1.95 bits per heavy atom. The van der Waals surface area contributed by atoms with Crippen molar-refractivity contribution in [2.45, 2.75) is 13.5 Å². The second kappa shape index (κ2) is 6.31. The molecule has 2 aromatic carbocycles. The fourth-order valence-electron chi connectivity index (χ4n) is 2.37. The van der Waals surface area contributed by atoms with Crippen LogP contribution in [-0.4, -0.2) is 20.0 Å². The number of nitrogens with two attached hydrogens (primary N) is 1. The van der Waals surface area contributed by atoms with E-state index in [4.69, 9.17) is 15.9 Å². The highest BCUT2D eigenvalue weighted by Crippen LogP contribution is 2.25. The Balaban J connectivity index is 2.32. The van der Waals surface area contributed by atoms with Crippen molar-refractivity contribution in [2.24, 2.45) is 5.73 Å². The summed E-state index contributed by atoms with van der Waals surface area (Å²) >= 11 is 0. The van der Waals surface area contributed by atoms with Crippen molar-refractivity contribution in [1.29, 1.82) is 5.41 Å². The highest BCUT2D eigenvalue weighted by atomic mass is 16.5. The van der Waals surface area contributed by atoms with E-state index in [9.17, 15) is 0 Å². The first-order valence-corrected chi connectivity index (χ1v) is 6.81. The summed E-state index contributed by atoms with van der Waals surface area (Å²) in [5, 5.41) is 7.75. The molecule has 0 spiro atoms. The van der Waals surface area contributed by atoms with Crippen molar-refractivity contribution in [3.8, 4) is 5.75 Å². The fourth-order valence-corrected chi connectivity index (χ4v) is 2.37. The minimum atomic E-state index is 0.0839. The molecule has 21 heavy (non-hydrogen) atoms. The van der Waals surface area contributed by atoms with Gasteiger partial charge in [0.05, 0.1) is 7.11 Å². The van der Waals surface area contributed by atoms with Gasteiger partial charge >= 0.3 is 0 Å². The van der Waals surface area contributed by atoms with Crippen molar-refractivity contribution in [3.05, 3.63) is 59.2 Å². The first-order valence-electron chi connectivity index (χ1n) is 6.81. The summed E-state index contributed by atoms with van der Waals surface area (Å²) in [4.78, 5) is 2.08. The number of hydrogen-bond donors (Lipinski definition) is 2. The van der Waals surface area contributed by atoms with Gasteiger partial charge in [-0.15, -0.1) is 0 Å². The molecule has 0 aliphatic rings. The van der Waals surface area contributed by atoms with Crippen LogP contribution in [0.25, 0.3) is 0 Å². The second-order valence-corrected chi connectivity index (χ2v) is 5.10. The highest BCUT2D eigenvalue weighted by Gasteiger charge is 2.12. The molecule has 110 valence electrons. The summed E-state index contributed by atoms with van der Waals surface area (Å²) < 4.78 is 5.39. The van der Waals surface area contributed by atoms with Crippen LogP contribution in [0, 0.1) is 12.3 Å². The van der Waals surface area contributed by atoms with E-state index in [1.54, 1.807) is 7.11 Å². The lowest BCUT2D eigenvalue weighted by molar-refractivity contribution is 0.409. The van der Waals surface area contributed by atoms with Crippen LogP contribution in [-0.2, 0) is 6.54 Å². The topological polar surface area (TPSA) is 62.3 Å². The molecule has 0 bridgehead atoms. The normalized spacial score (nSPS) is 10.2. The Bertz CT molecular complexity index is 652. The number of nitrogens with one attached hydrogen (secondary N) is 1. The molecule has 2 aromatic rings. The van der Waals surface area contributed by atoms with Crippen LogP contribution in [0.15, 0.2) is 42.5 Å². The number of benzene rings is 2. The highest BCUT2D eigenvalue weighted by molar-refractivity contribution is 6.00. The number of methoxy groups -OCH3 is 1. The van der Waals surface area contributed by atoms with Crippen molar-refractivity contribution < 1.29 is 4.74 Å². The van der Waals surface area contributed by atoms with Crippen LogP contribution in [0.3, 0.4) is 0 Å². The van der Waals surface area contributed by atoms with Gasteiger partial charge in [0, 0.05) is 30.4 Å². The third kappa shape index (κ3) is 3.34. The molecule has 0 amide bonds. The van der Waals surface area contributed by atoms with Gasteiger partial charge in [0.15, 0.2) is 0 Å². The Morgan fingerprint density at radius 3 is 2.62 bits per heavy atom. The van der Waals surface area contributed by atoms with Crippen LogP contribution in [0.4, 0.5) is 5.69 Å². The van der Waals surface area contributed by atoms with Gasteiger partial charge < -0.3 is 15.4 Å². The van der Waals surface area contributed by atoms with Crippen LogP contribution in [0.1, 0.15) is 16.7 Å². The predicted molar refractivity (Wildman–Crippen MR) is 87.3 cm³/mol. The molecule has 0 aliphatic heterocycles. The monoisotopic (exact) mass is 283 g/mol. The molecular formula is C17H21N3O. The van der Waals surface area contributed by atoms with E-state index < -0.39 is 0 Å². The van der Waals surface area contributed by atoms with E-state index >= 15 is 0 Å². The summed E-state index contributed by atoms with van der Waals surface area (Å²) in [6, 6.07) is 13.9. The van der Waals surface area contributed by atoms with Gasteiger partial charge in [0.2, 0.25) is 0 Å². The van der Waals surface area contributed by atoms with Crippen LogP contribution < -0.4 is 15.4 Å². The fraction of sp³-hybridized carbons (Fsp3) is 0.235. The Morgan fingerprint density at radius 1 is 1.24 bits per heavy atom. The van der Waals surface area contributed by atoms with Gasteiger partial charge in [-0.3, -0.25) is 5.41 Å². The van der Waals surface area contributed by atoms with E-state index in [0.29, 0.717) is 6.54 Å². The van der Waals surface area contributed by atoms with Crippen LogP contribution in [0.5, 0.6) is 5.75 Å². The summed E-state index contributed by atoms with van der Waals surface area (Å²) in [7, 11) is 3.66. The zero-order chi connectivity index (χ0) is 15.4. The van der Waals surface area contributed by atoms with E-state index in [0.717, 1.165) is 28.1 Å². The lowest BCUT2D eigenvalue weighted by Gasteiger charge is -2.23.